The van der Waals surface area contributed by atoms with Crippen LogP contribution < -0.4 is 0 Å². The summed E-state index contributed by atoms with van der Waals surface area (Å²) in [6.45, 7) is 4.04. The zero-order valence-corrected chi connectivity index (χ0v) is 10.9. The summed E-state index contributed by atoms with van der Waals surface area (Å²) in [6.07, 6.45) is 0.821. The molecule has 4 heteroatoms. The fourth-order valence-corrected chi connectivity index (χ4v) is 1.97. The summed E-state index contributed by atoms with van der Waals surface area (Å²) in [5.41, 5.74) is 1.83. The zero-order chi connectivity index (χ0) is 11.1. The molecular weight excluding hydrogens is 277 g/mol. The molecule has 0 unspecified atom stereocenters. The van der Waals surface area contributed by atoms with Crippen molar-refractivity contribution in [2.45, 2.75) is 25.9 Å². The zero-order valence-electron chi connectivity index (χ0n) is 8.55. The van der Waals surface area contributed by atoms with Crippen molar-refractivity contribution in [3.63, 3.8) is 0 Å². The number of hydrogen-bond donors (Lipinski definition) is 0. The summed E-state index contributed by atoms with van der Waals surface area (Å²) in [7, 11) is 0. The van der Waals surface area contributed by atoms with Crippen molar-refractivity contribution in [1.29, 1.82) is 0 Å². The van der Waals surface area contributed by atoms with Gasteiger partial charge in [0.2, 0.25) is 0 Å². The van der Waals surface area contributed by atoms with Gasteiger partial charge >= 0.3 is 0 Å². The SMILES string of the molecule is CC1(C)CC(c2ccc(Cl)c(Br)c2)=NO1. The van der Waals surface area contributed by atoms with Gasteiger partial charge in [-0.05, 0) is 41.9 Å². The topological polar surface area (TPSA) is 21.6 Å². The largest absolute Gasteiger partial charge is 0.389 e. The van der Waals surface area contributed by atoms with Gasteiger partial charge in [0.05, 0.1) is 10.7 Å². The van der Waals surface area contributed by atoms with Gasteiger partial charge in [0.25, 0.3) is 0 Å². The van der Waals surface area contributed by atoms with Crippen LogP contribution in [0.15, 0.2) is 27.8 Å². The molecule has 1 aliphatic heterocycles. The smallest absolute Gasteiger partial charge is 0.137 e. The van der Waals surface area contributed by atoms with E-state index in [1.807, 2.05) is 32.0 Å². The first-order chi connectivity index (χ1) is 6.98. The molecule has 0 saturated carbocycles. The van der Waals surface area contributed by atoms with Crippen molar-refractivity contribution in [3.8, 4) is 0 Å². The van der Waals surface area contributed by atoms with E-state index in [4.69, 9.17) is 16.4 Å². The van der Waals surface area contributed by atoms with Crippen molar-refractivity contribution in [3.05, 3.63) is 33.3 Å². The minimum Gasteiger partial charge on any atom is -0.389 e. The molecule has 1 aromatic rings. The Morgan fingerprint density at radius 2 is 2.20 bits per heavy atom. The average Bonchev–Trinajstić information content (AvgIpc) is 2.51. The molecule has 2 nitrogen and oxygen atoms in total. The summed E-state index contributed by atoms with van der Waals surface area (Å²) in [5.74, 6) is 0. The van der Waals surface area contributed by atoms with Gasteiger partial charge in [0, 0.05) is 16.5 Å². The van der Waals surface area contributed by atoms with E-state index >= 15 is 0 Å². The van der Waals surface area contributed by atoms with Gasteiger partial charge in [-0.1, -0.05) is 22.8 Å². The molecule has 0 fully saturated rings. The third kappa shape index (κ3) is 2.34. The van der Waals surface area contributed by atoms with Gasteiger partial charge in [0.15, 0.2) is 0 Å². The highest BCUT2D eigenvalue weighted by molar-refractivity contribution is 9.10. The first-order valence-corrected chi connectivity index (χ1v) is 5.85. The summed E-state index contributed by atoms with van der Waals surface area (Å²) < 4.78 is 0.883. The number of rotatable bonds is 1. The normalized spacial score (nSPS) is 18.5. The van der Waals surface area contributed by atoms with Gasteiger partial charge in [-0.2, -0.15) is 0 Å². The van der Waals surface area contributed by atoms with Crippen LogP contribution in [0.3, 0.4) is 0 Å². The monoisotopic (exact) mass is 287 g/mol. The molecule has 0 radical (unpaired) electrons. The second kappa shape index (κ2) is 3.80. The number of nitrogens with zero attached hydrogens (tertiary/aromatic N) is 1. The van der Waals surface area contributed by atoms with Crippen molar-refractivity contribution in [2.75, 3.05) is 0 Å². The molecule has 0 amide bonds. The molecule has 0 bridgehead atoms. The molecule has 2 rings (SSSR count). The summed E-state index contributed by atoms with van der Waals surface area (Å²) >= 11 is 9.32. The number of halogens is 2. The molecule has 0 spiro atoms. The molecule has 0 aromatic heterocycles. The first kappa shape index (κ1) is 11.0. The Labute approximate surface area is 102 Å². The van der Waals surface area contributed by atoms with Crippen LogP contribution in [0.1, 0.15) is 25.8 Å². The number of benzene rings is 1. The molecule has 1 aliphatic rings. The standard InChI is InChI=1S/C11H11BrClNO/c1-11(2)6-10(14-15-11)7-3-4-9(13)8(12)5-7/h3-5H,6H2,1-2H3. The van der Waals surface area contributed by atoms with E-state index in [9.17, 15) is 0 Å². The van der Waals surface area contributed by atoms with Crippen molar-refractivity contribution in [1.82, 2.24) is 0 Å². The summed E-state index contributed by atoms with van der Waals surface area (Å²) in [4.78, 5) is 5.32. The number of oxime groups is 1. The van der Waals surface area contributed by atoms with Crippen molar-refractivity contribution >= 4 is 33.2 Å². The Bertz CT molecular complexity index is 429. The number of hydrogen-bond acceptors (Lipinski definition) is 2. The van der Waals surface area contributed by atoms with Crippen LogP contribution >= 0.6 is 27.5 Å². The van der Waals surface area contributed by atoms with E-state index in [0.29, 0.717) is 5.02 Å². The third-order valence-electron chi connectivity index (χ3n) is 2.25. The van der Waals surface area contributed by atoms with Crippen LogP contribution in [0.4, 0.5) is 0 Å². The molecule has 0 saturated heterocycles. The Morgan fingerprint density at radius 3 is 2.73 bits per heavy atom. The van der Waals surface area contributed by atoms with Crippen LogP contribution in [0, 0.1) is 0 Å². The fraction of sp³-hybridized carbons (Fsp3) is 0.364. The van der Waals surface area contributed by atoms with E-state index in [0.717, 1.165) is 22.2 Å². The Morgan fingerprint density at radius 1 is 1.47 bits per heavy atom. The van der Waals surface area contributed by atoms with Crippen molar-refractivity contribution in [2.24, 2.45) is 5.16 Å². The van der Waals surface area contributed by atoms with Crippen LogP contribution in [-0.4, -0.2) is 11.3 Å². The molecule has 0 aliphatic carbocycles. The van der Waals surface area contributed by atoms with E-state index in [1.165, 1.54) is 0 Å². The maximum absolute atomic E-state index is 5.93. The minimum atomic E-state index is -0.193. The third-order valence-corrected chi connectivity index (χ3v) is 3.46. The van der Waals surface area contributed by atoms with Crippen LogP contribution in [-0.2, 0) is 4.84 Å². The second-order valence-electron chi connectivity index (χ2n) is 4.19. The molecule has 0 atom stereocenters. The molecule has 15 heavy (non-hydrogen) atoms. The lowest BCUT2D eigenvalue weighted by Gasteiger charge is -2.13. The Hall–Kier alpha value is -0.540. The van der Waals surface area contributed by atoms with Crippen LogP contribution in [0.25, 0.3) is 0 Å². The average molecular weight is 289 g/mol. The van der Waals surface area contributed by atoms with Crippen LogP contribution in [0.5, 0.6) is 0 Å². The van der Waals surface area contributed by atoms with E-state index < -0.39 is 0 Å². The van der Waals surface area contributed by atoms with Crippen LogP contribution in [0.2, 0.25) is 5.02 Å². The van der Waals surface area contributed by atoms with Gasteiger partial charge in [-0.3, -0.25) is 0 Å². The highest BCUT2D eigenvalue weighted by Gasteiger charge is 2.29. The predicted octanol–water partition coefficient (Wildman–Crippen LogP) is 4.01. The molecular formula is C11H11BrClNO. The molecule has 0 N–H and O–H groups in total. The van der Waals surface area contributed by atoms with Crippen molar-refractivity contribution < 1.29 is 4.84 Å². The lowest BCUT2D eigenvalue weighted by Crippen LogP contribution is -2.19. The minimum absolute atomic E-state index is 0.193. The lowest BCUT2D eigenvalue weighted by atomic mass is 9.98. The first-order valence-electron chi connectivity index (χ1n) is 4.68. The molecule has 80 valence electrons. The lowest BCUT2D eigenvalue weighted by molar-refractivity contribution is 0.0123. The predicted molar refractivity (Wildman–Crippen MR) is 65.5 cm³/mol. The molecule has 1 heterocycles. The fourth-order valence-electron chi connectivity index (χ4n) is 1.48. The Kier molecular flexibility index (Phi) is 2.77. The maximum atomic E-state index is 5.93. The van der Waals surface area contributed by atoms with E-state index in [-0.39, 0.29) is 5.60 Å². The quantitative estimate of drug-likeness (QED) is 0.765. The Balaban J connectivity index is 2.29. The van der Waals surface area contributed by atoms with E-state index in [2.05, 4.69) is 21.1 Å². The highest BCUT2D eigenvalue weighted by atomic mass is 79.9. The van der Waals surface area contributed by atoms with Gasteiger partial charge in [-0.15, -0.1) is 0 Å². The summed E-state index contributed by atoms with van der Waals surface area (Å²) in [5, 5.41) is 4.79. The van der Waals surface area contributed by atoms with Gasteiger partial charge < -0.3 is 4.84 Å². The van der Waals surface area contributed by atoms with Gasteiger partial charge in [-0.25, -0.2) is 0 Å². The maximum Gasteiger partial charge on any atom is 0.137 e. The summed E-state index contributed by atoms with van der Waals surface area (Å²) in [6, 6.07) is 5.78. The van der Waals surface area contributed by atoms with E-state index in [1.54, 1.807) is 0 Å². The second-order valence-corrected chi connectivity index (χ2v) is 5.46. The molecule has 1 aromatic carbocycles. The highest BCUT2D eigenvalue weighted by Crippen LogP contribution is 2.29. The van der Waals surface area contributed by atoms with Gasteiger partial charge in [0.1, 0.15) is 5.60 Å².